The topological polar surface area (TPSA) is 24.7 Å². The molecule has 5 heteroatoms. The molecule has 0 fully saturated rings. The van der Waals surface area contributed by atoms with E-state index in [0.717, 1.165) is 37.4 Å². The molecule has 43 heavy (non-hydrogen) atoms. The van der Waals surface area contributed by atoms with Gasteiger partial charge in [0.15, 0.2) is 12.3 Å². The van der Waals surface area contributed by atoms with Crippen LogP contribution in [-0.2, 0) is 20.3 Å². The van der Waals surface area contributed by atoms with E-state index in [1.807, 2.05) is 0 Å². The number of methoxy groups -OCH3 is 2. The molecule has 5 rings (SSSR count). The number of rotatable bonds is 9. The Kier molecular flexibility index (Phi) is 9.23. The second kappa shape index (κ2) is 12.6. The van der Waals surface area contributed by atoms with E-state index in [9.17, 15) is 0 Å². The van der Waals surface area contributed by atoms with Crippen molar-refractivity contribution in [2.75, 3.05) is 45.4 Å². The Morgan fingerprint density at radius 3 is 2.28 bits per heavy atom. The van der Waals surface area contributed by atoms with Crippen LogP contribution in [0.1, 0.15) is 69.2 Å². The van der Waals surface area contributed by atoms with E-state index in [-0.39, 0.29) is 10.8 Å². The summed E-state index contributed by atoms with van der Waals surface area (Å²) in [6.45, 7) is 16.7. The predicted molar refractivity (Wildman–Crippen MR) is 181 cm³/mol. The number of ether oxygens (including phenoxy) is 2. The van der Waals surface area contributed by atoms with Gasteiger partial charge in [-0.05, 0) is 75.3 Å². The number of allylic oxidation sites excluding steroid dienone is 8. The first kappa shape index (κ1) is 31.5. The summed E-state index contributed by atoms with van der Waals surface area (Å²) in [6.07, 6.45) is 12.2. The fraction of sp³-hybridized carbons (Fsp3) is 0.447. The first-order valence-electron chi connectivity index (χ1n) is 15.6. The molecule has 0 atom stereocenters. The number of hydrogen-bond donors (Lipinski definition) is 0. The van der Waals surface area contributed by atoms with Gasteiger partial charge in [0.1, 0.15) is 6.61 Å². The van der Waals surface area contributed by atoms with Gasteiger partial charge in [-0.3, -0.25) is 0 Å². The molecule has 0 radical (unpaired) electrons. The van der Waals surface area contributed by atoms with Crippen LogP contribution in [0.25, 0.3) is 0 Å². The Hall–Kier alpha value is -2.92. The summed E-state index contributed by atoms with van der Waals surface area (Å²) in [4.78, 5) is 2.44. The molecule has 0 unspecified atom stereocenters. The molecule has 2 aromatic rings. The summed E-state index contributed by atoms with van der Waals surface area (Å²) < 4.78 is 13.5. The van der Waals surface area contributed by atoms with E-state index in [1.54, 1.807) is 14.2 Å². The molecular weight excluding hydrogens is 552 g/mol. The van der Waals surface area contributed by atoms with Crippen LogP contribution in [0.4, 0.5) is 11.4 Å². The minimum atomic E-state index is -0.108. The maximum Gasteiger partial charge on any atom is 0.212 e. The van der Waals surface area contributed by atoms with Crippen molar-refractivity contribution in [2.45, 2.75) is 71.6 Å². The highest BCUT2D eigenvalue weighted by Gasteiger charge is 2.45. The van der Waals surface area contributed by atoms with Gasteiger partial charge in [-0.15, -0.1) is 0 Å². The largest absolute Gasteiger partial charge is 0.383 e. The van der Waals surface area contributed by atoms with Crippen LogP contribution in [0, 0.1) is 13.8 Å². The zero-order chi connectivity index (χ0) is 30.9. The Morgan fingerprint density at radius 2 is 1.56 bits per heavy atom. The average Bonchev–Trinajstić information content (AvgIpc) is 3.33. The number of halogens is 1. The third kappa shape index (κ3) is 5.70. The standard InChI is InChI=1S/C38H48ClN2O2/c1-26-12-9-16-30-35(26)40(22-24-42-7)32(37(30,3)4)20-18-28-14-11-15-29(34(28)39)19-21-33-38(5,6)31-17-10-13-27(2)36(31)41(33)23-25-43-8/h9-10,12-13,16-21H,11,14-15,22-25H2,1-8H3/q+1. The molecular formula is C38H48ClN2O2+. The highest BCUT2D eigenvalue weighted by Crippen LogP contribution is 2.49. The monoisotopic (exact) mass is 599 g/mol. The number of nitrogens with zero attached hydrogens (tertiary/aromatic N) is 2. The van der Waals surface area contributed by atoms with Gasteiger partial charge in [0.25, 0.3) is 0 Å². The van der Waals surface area contributed by atoms with E-state index in [0.29, 0.717) is 13.2 Å². The summed E-state index contributed by atoms with van der Waals surface area (Å²) in [6, 6.07) is 13.3. The maximum atomic E-state index is 7.18. The lowest BCUT2D eigenvalue weighted by atomic mass is 9.80. The van der Waals surface area contributed by atoms with Crippen LogP contribution >= 0.6 is 11.6 Å². The van der Waals surface area contributed by atoms with Crippen molar-refractivity contribution in [1.29, 1.82) is 0 Å². The molecule has 1 aliphatic carbocycles. The van der Waals surface area contributed by atoms with E-state index >= 15 is 0 Å². The van der Waals surface area contributed by atoms with Gasteiger partial charge < -0.3 is 14.4 Å². The van der Waals surface area contributed by atoms with Crippen LogP contribution in [0.5, 0.6) is 0 Å². The molecule has 0 aromatic heterocycles. The van der Waals surface area contributed by atoms with Gasteiger partial charge in [-0.25, -0.2) is 0 Å². The number of aryl methyl sites for hydroxylation is 2. The van der Waals surface area contributed by atoms with Gasteiger partial charge in [0, 0.05) is 59.8 Å². The molecule has 0 amide bonds. The quantitative estimate of drug-likeness (QED) is 0.269. The molecule has 0 spiro atoms. The van der Waals surface area contributed by atoms with Crippen molar-refractivity contribution in [3.05, 3.63) is 105 Å². The lowest BCUT2D eigenvalue weighted by Gasteiger charge is -2.27. The molecule has 2 aromatic carbocycles. The number of fused-ring (bicyclic) bond motifs is 2. The Bertz CT molecular complexity index is 1550. The van der Waals surface area contributed by atoms with Crippen LogP contribution in [0.2, 0.25) is 0 Å². The molecule has 4 nitrogen and oxygen atoms in total. The molecule has 3 aliphatic rings. The normalized spacial score (nSPS) is 21.1. The summed E-state index contributed by atoms with van der Waals surface area (Å²) in [7, 11) is 3.54. The fourth-order valence-corrected chi connectivity index (χ4v) is 7.54. The highest BCUT2D eigenvalue weighted by molar-refractivity contribution is 6.32. The zero-order valence-electron chi connectivity index (χ0n) is 27.3. The molecule has 0 saturated carbocycles. The molecule has 2 heterocycles. The van der Waals surface area contributed by atoms with Gasteiger partial charge in [0.05, 0.1) is 12.0 Å². The van der Waals surface area contributed by atoms with E-state index in [1.165, 1.54) is 56.2 Å². The summed E-state index contributed by atoms with van der Waals surface area (Å²) in [5.74, 6) is 0. The predicted octanol–water partition coefficient (Wildman–Crippen LogP) is 8.81. The number of para-hydroxylation sites is 2. The zero-order valence-corrected chi connectivity index (χ0v) is 28.1. The smallest absolute Gasteiger partial charge is 0.212 e. The minimum absolute atomic E-state index is 0.108. The van der Waals surface area contributed by atoms with Crippen LogP contribution in [0.15, 0.2) is 82.6 Å². The molecule has 228 valence electrons. The van der Waals surface area contributed by atoms with E-state index in [4.69, 9.17) is 21.1 Å². The second-order valence-electron chi connectivity index (χ2n) is 13.1. The molecule has 0 bridgehead atoms. The molecule has 2 aliphatic heterocycles. The lowest BCUT2D eigenvalue weighted by Crippen LogP contribution is -2.29. The molecule has 0 saturated heterocycles. The minimum Gasteiger partial charge on any atom is -0.383 e. The number of benzene rings is 2. The van der Waals surface area contributed by atoms with Gasteiger partial charge >= 0.3 is 0 Å². The fourth-order valence-electron chi connectivity index (χ4n) is 7.23. The first-order chi connectivity index (χ1) is 20.5. The number of hydrogen-bond acceptors (Lipinski definition) is 3. The Labute approximate surface area is 264 Å². The first-order valence-corrected chi connectivity index (χ1v) is 16.0. The second-order valence-corrected chi connectivity index (χ2v) is 13.5. The summed E-state index contributed by atoms with van der Waals surface area (Å²) in [5, 5.41) is 0.890. The van der Waals surface area contributed by atoms with Crippen LogP contribution < -0.4 is 4.90 Å². The third-order valence-electron chi connectivity index (χ3n) is 9.60. The average molecular weight is 600 g/mol. The number of anilines is 1. The van der Waals surface area contributed by atoms with Crippen molar-refractivity contribution in [1.82, 2.24) is 0 Å². The van der Waals surface area contributed by atoms with Crippen molar-refractivity contribution in [2.24, 2.45) is 0 Å². The lowest BCUT2D eigenvalue weighted by molar-refractivity contribution is -0.442. The van der Waals surface area contributed by atoms with E-state index < -0.39 is 0 Å². The van der Waals surface area contributed by atoms with Crippen molar-refractivity contribution in [3.8, 4) is 0 Å². The van der Waals surface area contributed by atoms with Crippen LogP contribution in [0.3, 0.4) is 0 Å². The van der Waals surface area contributed by atoms with Gasteiger partial charge in [-0.1, -0.05) is 74.0 Å². The van der Waals surface area contributed by atoms with Crippen molar-refractivity contribution >= 4 is 28.7 Å². The van der Waals surface area contributed by atoms with Crippen LogP contribution in [-0.4, -0.2) is 50.8 Å². The van der Waals surface area contributed by atoms with Gasteiger partial charge in [0.2, 0.25) is 5.69 Å². The van der Waals surface area contributed by atoms with Crippen molar-refractivity contribution in [3.63, 3.8) is 0 Å². The van der Waals surface area contributed by atoms with Crippen molar-refractivity contribution < 1.29 is 14.0 Å². The SMILES string of the molecule is COCCN1C(=CC=C2CCCC(C=CC3=[N+](CCOC)c4c(C)cccc4C3(C)C)=C2Cl)C(C)(C)c2cccc(C)c21. The maximum absolute atomic E-state index is 7.18. The summed E-state index contributed by atoms with van der Waals surface area (Å²) >= 11 is 7.18. The Balaban J connectivity index is 1.51. The molecule has 0 N–H and O–H groups in total. The highest BCUT2D eigenvalue weighted by atomic mass is 35.5. The summed E-state index contributed by atoms with van der Waals surface area (Å²) in [5.41, 5.74) is 12.7. The van der Waals surface area contributed by atoms with Gasteiger partial charge in [-0.2, -0.15) is 4.58 Å². The Morgan fingerprint density at radius 1 is 0.860 bits per heavy atom. The van der Waals surface area contributed by atoms with E-state index in [2.05, 4.69) is 112 Å². The third-order valence-corrected chi connectivity index (χ3v) is 10.1.